The molecular formula is C26H40O3. The molecule has 5 rings (SSSR count). The van der Waals surface area contributed by atoms with Crippen molar-refractivity contribution in [2.45, 2.75) is 104 Å². The molecule has 29 heavy (non-hydrogen) atoms. The van der Waals surface area contributed by atoms with Gasteiger partial charge in [0, 0.05) is 6.42 Å². The van der Waals surface area contributed by atoms with Crippen LogP contribution in [-0.4, -0.2) is 23.3 Å². The molecule has 9 atom stereocenters. The molecule has 3 saturated carbocycles. The van der Waals surface area contributed by atoms with Crippen LogP contribution in [0, 0.1) is 40.4 Å². The van der Waals surface area contributed by atoms with Crippen molar-refractivity contribution in [3.8, 4) is 0 Å². The number of carbonyl (C=O) groups excluding carboxylic acids is 1. The third-order valence-corrected chi connectivity index (χ3v) is 10.5. The molecule has 0 aromatic carbocycles. The van der Waals surface area contributed by atoms with E-state index in [4.69, 9.17) is 4.74 Å². The van der Waals surface area contributed by atoms with Crippen LogP contribution >= 0.6 is 0 Å². The lowest BCUT2D eigenvalue weighted by molar-refractivity contribution is -0.160. The zero-order chi connectivity index (χ0) is 20.4. The van der Waals surface area contributed by atoms with Crippen LogP contribution < -0.4 is 0 Å². The maximum absolute atomic E-state index is 11.9. The molecule has 1 N–H and O–H groups in total. The Balaban J connectivity index is 1.38. The van der Waals surface area contributed by atoms with Crippen molar-refractivity contribution >= 4 is 5.97 Å². The summed E-state index contributed by atoms with van der Waals surface area (Å²) in [6.07, 6.45) is 14.9. The number of esters is 1. The molecule has 1 aliphatic heterocycles. The fourth-order valence-electron chi connectivity index (χ4n) is 8.91. The summed E-state index contributed by atoms with van der Waals surface area (Å²) in [5, 5.41) is 10.2. The molecule has 4 fully saturated rings. The number of aliphatic hydroxyl groups excluding tert-OH is 1. The molecule has 1 saturated heterocycles. The summed E-state index contributed by atoms with van der Waals surface area (Å²) in [5.74, 6) is 3.62. The van der Waals surface area contributed by atoms with Gasteiger partial charge in [-0.1, -0.05) is 32.4 Å². The van der Waals surface area contributed by atoms with Gasteiger partial charge in [0.25, 0.3) is 0 Å². The molecule has 5 aliphatic rings. The van der Waals surface area contributed by atoms with Crippen LogP contribution in [0.2, 0.25) is 0 Å². The minimum atomic E-state index is -0.116. The Morgan fingerprint density at radius 1 is 1.10 bits per heavy atom. The van der Waals surface area contributed by atoms with E-state index in [0.29, 0.717) is 29.1 Å². The van der Waals surface area contributed by atoms with Crippen LogP contribution in [0.15, 0.2) is 11.6 Å². The summed E-state index contributed by atoms with van der Waals surface area (Å²) in [6, 6.07) is 0. The van der Waals surface area contributed by atoms with E-state index in [1.54, 1.807) is 5.57 Å². The van der Waals surface area contributed by atoms with E-state index in [1.807, 2.05) is 0 Å². The van der Waals surface area contributed by atoms with Crippen molar-refractivity contribution in [3.63, 3.8) is 0 Å². The van der Waals surface area contributed by atoms with E-state index in [0.717, 1.165) is 43.4 Å². The zero-order valence-electron chi connectivity index (χ0n) is 18.7. The summed E-state index contributed by atoms with van der Waals surface area (Å²) in [7, 11) is 0. The molecule has 162 valence electrons. The van der Waals surface area contributed by atoms with Gasteiger partial charge in [0.1, 0.15) is 6.10 Å². The fourth-order valence-corrected chi connectivity index (χ4v) is 8.91. The van der Waals surface area contributed by atoms with Crippen LogP contribution in [-0.2, 0) is 9.53 Å². The van der Waals surface area contributed by atoms with Gasteiger partial charge in [0.05, 0.1) is 6.10 Å². The van der Waals surface area contributed by atoms with Gasteiger partial charge in [-0.3, -0.25) is 4.79 Å². The van der Waals surface area contributed by atoms with Crippen molar-refractivity contribution < 1.29 is 14.6 Å². The quantitative estimate of drug-likeness (QED) is 0.481. The van der Waals surface area contributed by atoms with Crippen molar-refractivity contribution in [2.75, 3.05) is 0 Å². The minimum absolute atomic E-state index is 0.0221. The lowest BCUT2D eigenvalue weighted by Crippen LogP contribution is -2.51. The predicted molar refractivity (Wildman–Crippen MR) is 114 cm³/mol. The first kappa shape index (κ1) is 20.1. The lowest BCUT2D eigenvalue weighted by atomic mass is 9.47. The number of hydrogen-bond donors (Lipinski definition) is 1. The number of hydrogen-bond acceptors (Lipinski definition) is 3. The van der Waals surface area contributed by atoms with E-state index in [-0.39, 0.29) is 18.2 Å². The Morgan fingerprint density at radius 3 is 2.72 bits per heavy atom. The number of aliphatic hydroxyl groups is 1. The summed E-state index contributed by atoms with van der Waals surface area (Å²) in [6.45, 7) is 7.47. The Morgan fingerprint density at radius 2 is 1.93 bits per heavy atom. The second kappa shape index (κ2) is 7.11. The van der Waals surface area contributed by atoms with Crippen LogP contribution in [0.25, 0.3) is 0 Å². The molecule has 0 spiro atoms. The third-order valence-electron chi connectivity index (χ3n) is 10.5. The smallest absolute Gasteiger partial charge is 0.306 e. The fraction of sp³-hybridized carbons (Fsp3) is 0.885. The van der Waals surface area contributed by atoms with Gasteiger partial charge in [0.2, 0.25) is 0 Å². The van der Waals surface area contributed by atoms with Gasteiger partial charge in [-0.25, -0.2) is 0 Å². The van der Waals surface area contributed by atoms with Crippen molar-refractivity contribution in [2.24, 2.45) is 40.4 Å². The zero-order valence-corrected chi connectivity index (χ0v) is 18.7. The highest BCUT2D eigenvalue weighted by molar-refractivity contribution is 5.70. The van der Waals surface area contributed by atoms with E-state index in [9.17, 15) is 9.90 Å². The summed E-state index contributed by atoms with van der Waals surface area (Å²) in [5.41, 5.74) is 2.30. The van der Waals surface area contributed by atoms with Crippen LogP contribution in [0.3, 0.4) is 0 Å². The summed E-state index contributed by atoms with van der Waals surface area (Å²) >= 11 is 0. The second-order valence-electron chi connectivity index (χ2n) is 11.7. The Bertz CT molecular complexity index is 698. The van der Waals surface area contributed by atoms with Crippen LogP contribution in [0.4, 0.5) is 0 Å². The molecule has 0 bridgehead atoms. The SMILES string of the molecule is C[C@@H]([C@H]1CC[C@H]2[C@@H]3CC=C4C[C@@H](O)CC[C@]4(C)[C@H]3CC[C@]12C)[C@H]1CCCC(=O)O1. The maximum atomic E-state index is 11.9. The first-order valence-electron chi connectivity index (χ1n) is 12.4. The highest BCUT2D eigenvalue weighted by Crippen LogP contribution is 2.67. The number of ether oxygens (including phenoxy) is 1. The van der Waals surface area contributed by atoms with Gasteiger partial charge >= 0.3 is 5.97 Å². The van der Waals surface area contributed by atoms with Crippen LogP contribution in [0.5, 0.6) is 0 Å². The van der Waals surface area contributed by atoms with Gasteiger partial charge in [0.15, 0.2) is 0 Å². The largest absolute Gasteiger partial charge is 0.462 e. The predicted octanol–water partition coefficient (Wildman–Crippen LogP) is 5.66. The number of carbonyl (C=O) groups is 1. The molecule has 0 aromatic heterocycles. The molecule has 1 heterocycles. The molecule has 3 heteroatoms. The first-order chi connectivity index (χ1) is 13.8. The van der Waals surface area contributed by atoms with E-state index >= 15 is 0 Å². The highest BCUT2D eigenvalue weighted by atomic mass is 16.5. The standard InChI is InChI=1S/C26H40O3/c1-16(23-5-4-6-24(28)29-23)20-9-10-21-19-8-7-17-15-18(27)11-13-25(17,2)22(19)12-14-26(20,21)3/h7,16,18-23,27H,4-6,8-15H2,1-3H3/t16-,18-,19-,20+,21-,22-,23+,25-,26+/m0/s1. The average Bonchev–Trinajstić information content (AvgIpc) is 3.05. The third kappa shape index (κ3) is 3.05. The van der Waals surface area contributed by atoms with Crippen molar-refractivity contribution in [1.82, 2.24) is 0 Å². The lowest BCUT2D eigenvalue weighted by Gasteiger charge is -2.58. The highest BCUT2D eigenvalue weighted by Gasteiger charge is 2.59. The van der Waals surface area contributed by atoms with E-state index < -0.39 is 0 Å². The maximum Gasteiger partial charge on any atom is 0.306 e. The Hall–Kier alpha value is -0.830. The Labute approximate surface area is 176 Å². The summed E-state index contributed by atoms with van der Waals surface area (Å²) < 4.78 is 5.82. The van der Waals surface area contributed by atoms with Gasteiger partial charge < -0.3 is 9.84 Å². The normalized spacial score (nSPS) is 50.6. The summed E-state index contributed by atoms with van der Waals surface area (Å²) in [4.78, 5) is 11.9. The molecule has 3 nitrogen and oxygen atoms in total. The minimum Gasteiger partial charge on any atom is -0.462 e. The van der Waals surface area contributed by atoms with Gasteiger partial charge in [-0.15, -0.1) is 0 Å². The monoisotopic (exact) mass is 400 g/mol. The second-order valence-corrected chi connectivity index (χ2v) is 11.7. The van der Waals surface area contributed by atoms with Gasteiger partial charge in [-0.05, 0) is 105 Å². The molecular weight excluding hydrogens is 360 g/mol. The average molecular weight is 401 g/mol. The molecule has 0 unspecified atom stereocenters. The molecule has 0 aromatic rings. The number of fused-ring (bicyclic) bond motifs is 5. The van der Waals surface area contributed by atoms with E-state index in [2.05, 4.69) is 26.8 Å². The number of rotatable bonds is 2. The number of cyclic esters (lactones) is 1. The first-order valence-corrected chi connectivity index (χ1v) is 12.4. The van der Waals surface area contributed by atoms with E-state index in [1.165, 1.54) is 38.5 Å². The van der Waals surface area contributed by atoms with Crippen molar-refractivity contribution in [1.29, 1.82) is 0 Å². The molecule has 0 amide bonds. The molecule has 4 aliphatic carbocycles. The van der Waals surface area contributed by atoms with Crippen LogP contribution in [0.1, 0.15) is 91.4 Å². The number of allylic oxidation sites excluding steroid dienone is 1. The topological polar surface area (TPSA) is 46.5 Å². The van der Waals surface area contributed by atoms with Gasteiger partial charge in [-0.2, -0.15) is 0 Å². The molecule has 0 radical (unpaired) electrons. The van der Waals surface area contributed by atoms with Crippen molar-refractivity contribution in [3.05, 3.63) is 11.6 Å². The Kier molecular flexibility index (Phi) is 4.92.